The molecule has 22 heavy (non-hydrogen) atoms. The molecular weight excluding hydrogens is 290 g/mol. The molecule has 6 nitrogen and oxygen atoms in total. The Hall–Kier alpha value is -3.08. The Labute approximate surface area is 125 Å². The summed E-state index contributed by atoms with van der Waals surface area (Å²) in [6.45, 7) is 0. The van der Waals surface area contributed by atoms with Crippen LogP contribution in [0.1, 0.15) is 11.4 Å². The molecule has 0 saturated heterocycles. The summed E-state index contributed by atoms with van der Waals surface area (Å²) < 4.78 is 27.3. The lowest BCUT2D eigenvalue weighted by Crippen LogP contribution is -2.15. The van der Waals surface area contributed by atoms with Gasteiger partial charge in [-0.3, -0.25) is 0 Å². The molecule has 0 saturated carbocycles. The molecule has 0 unspecified atom stereocenters. The smallest absolute Gasteiger partial charge is 0.230 e. The van der Waals surface area contributed by atoms with Crippen molar-refractivity contribution in [1.29, 1.82) is 5.26 Å². The van der Waals surface area contributed by atoms with Gasteiger partial charge in [-0.05, 0) is 18.2 Å². The molecule has 0 aliphatic rings. The molecular formula is C14H12F2N6. The van der Waals surface area contributed by atoms with E-state index in [2.05, 4.69) is 15.0 Å². The van der Waals surface area contributed by atoms with Gasteiger partial charge in [0, 0.05) is 19.7 Å². The molecule has 1 aromatic carbocycles. The fourth-order valence-electron chi connectivity index (χ4n) is 1.64. The van der Waals surface area contributed by atoms with Crippen LogP contribution in [-0.4, -0.2) is 29.0 Å². The molecule has 0 aliphatic carbocycles. The maximum Gasteiger partial charge on any atom is 0.230 e. The minimum Gasteiger partial charge on any atom is -0.368 e. The third-order valence-corrected chi connectivity index (χ3v) is 2.69. The third-order valence-electron chi connectivity index (χ3n) is 2.69. The molecule has 112 valence electrons. The van der Waals surface area contributed by atoms with Crippen molar-refractivity contribution in [3.63, 3.8) is 0 Å². The average Bonchev–Trinajstić information content (AvgIpc) is 2.46. The number of nitrogens with two attached hydrogens (primary N) is 1. The Morgan fingerprint density at radius 2 is 1.86 bits per heavy atom. The summed E-state index contributed by atoms with van der Waals surface area (Å²) in [6, 6.07) is 5.24. The van der Waals surface area contributed by atoms with Gasteiger partial charge in [-0.15, -0.1) is 0 Å². The molecule has 0 bridgehead atoms. The monoisotopic (exact) mass is 302 g/mol. The molecule has 2 rings (SSSR count). The van der Waals surface area contributed by atoms with Crippen LogP contribution < -0.4 is 10.6 Å². The SMILES string of the molecule is CN(C)c1nc(N)nc(/C(C#N)=C\c2c(F)cccc2F)n1. The highest BCUT2D eigenvalue weighted by atomic mass is 19.1. The molecule has 1 heterocycles. The van der Waals surface area contributed by atoms with Crippen molar-refractivity contribution >= 4 is 23.5 Å². The van der Waals surface area contributed by atoms with Gasteiger partial charge in [0.05, 0.1) is 5.57 Å². The van der Waals surface area contributed by atoms with E-state index in [1.165, 1.54) is 6.07 Å². The lowest BCUT2D eigenvalue weighted by atomic mass is 10.1. The van der Waals surface area contributed by atoms with Crippen LogP contribution in [0.4, 0.5) is 20.7 Å². The zero-order valence-electron chi connectivity index (χ0n) is 11.9. The quantitative estimate of drug-likeness (QED) is 0.870. The second-order valence-corrected chi connectivity index (χ2v) is 4.52. The molecule has 1 aromatic heterocycles. The predicted octanol–water partition coefficient (Wildman–Crippen LogP) is 1.86. The molecule has 0 aliphatic heterocycles. The predicted molar refractivity (Wildman–Crippen MR) is 78.4 cm³/mol. The Balaban J connectivity index is 2.58. The second kappa shape index (κ2) is 6.13. The van der Waals surface area contributed by atoms with Crippen molar-refractivity contribution in [2.24, 2.45) is 0 Å². The maximum absolute atomic E-state index is 13.7. The fourth-order valence-corrected chi connectivity index (χ4v) is 1.64. The summed E-state index contributed by atoms with van der Waals surface area (Å²) in [7, 11) is 3.37. The van der Waals surface area contributed by atoms with E-state index in [0.29, 0.717) is 0 Å². The van der Waals surface area contributed by atoms with E-state index >= 15 is 0 Å². The number of anilines is 2. The molecule has 0 spiro atoms. The molecule has 0 atom stereocenters. The number of hydrogen-bond donors (Lipinski definition) is 1. The number of rotatable bonds is 3. The number of hydrogen-bond acceptors (Lipinski definition) is 6. The molecule has 8 heteroatoms. The lowest BCUT2D eigenvalue weighted by molar-refractivity contribution is 0.579. The summed E-state index contributed by atoms with van der Waals surface area (Å²) in [5.41, 5.74) is 5.10. The first-order valence-corrected chi connectivity index (χ1v) is 6.17. The normalized spacial score (nSPS) is 11.1. The van der Waals surface area contributed by atoms with Crippen LogP contribution in [-0.2, 0) is 0 Å². The number of nitrogen functional groups attached to an aromatic ring is 1. The number of allylic oxidation sites excluding steroid dienone is 1. The van der Waals surface area contributed by atoms with Crippen LogP contribution >= 0.6 is 0 Å². The Morgan fingerprint density at radius 1 is 1.23 bits per heavy atom. The minimum atomic E-state index is -0.789. The maximum atomic E-state index is 13.7. The Morgan fingerprint density at radius 3 is 2.41 bits per heavy atom. The Kier molecular flexibility index (Phi) is 4.27. The number of benzene rings is 1. The number of aromatic nitrogens is 3. The highest BCUT2D eigenvalue weighted by Gasteiger charge is 2.13. The van der Waals surface area contributed by atoms with Crippen molar-refractivity contribution in [3.05, 3.63) is 41.2 Å². The first-order valence-electron chi connectivity index (χ1n) is 6.17. The van der Waals surface area contributed by atoms with Gasteiger partial charge in [0.15, 0.2) is 5.82 Å². The van der Waals surface area contributed by atoms with Gasteiger partial charge in [-0.1, -0.05) is 6.07 Å². The third kappa shape index (κ3) is 3.15. The van der Waals surface area contributed by atoms with Crippen LogP contribution in [0.25, 0.3) is 11.6 Å². The minimum absolute atomic E-state index is 0.0543. The molecule has 0 radical (unpaired) electrons. The van der Waals surface area contributed by atoms with E-state index < -0.39 is 11.6 Å². The standard InChI is InChI=1S/C14H12F2N6/c1-22(2)14-20-12(19-13(18)21-14)8(7-17)6-9-10(15)4-3-5-11(9)16/h3-6H,1-2H3,(H2,18,19,20,21)/b8-6-. The van der Waals surface area contributed by atoms with Crippen molar-refractivity contribution in [1.82, 2.24) is 15.0 Å². The number of nitriles is 1. The summed E-state index contributed by atoms with van der Waals surface area (Å²) in [4.78, 5) is 13.3. The Bertz CT molecular complexity index is 759. The van der Waals surface area contributed by atoms with Crippen molar-refractivity contribution in [2.75, 3.05) is 24.7 Å². The second-order valence-electron chi connectivity index (χ2n) is 4.52. The molecule has 2 aromatic rings. The topological polar surface area (TPSA) is 91.7 Å². The van der Waals surface area contributed by atoms with E-state index in [9.17, 15) is 14.0 Å². The molecule has 0 fully saturated rings. The van der Waals surface area contributed by atoms with Crippen LogP contribution in [0, 0.1) is 23.0 Å². The highest BCUT2D eigenvalue weighted by Crippen LogP contribution is 2.20. The first kappa shape index (κ1) is 15.3. The summed E-state index contributed by atoms with van der Waals surface area (Å²) in [5, 5.41) is 9.22. The van der Waals surface area contributed by atoms with Gasteiger partial charge in [-0.25, -0.2) is 8.78 Å². The van der Waals surface area contributed by atoms with E-state index in [4.69, 9.17) is 5.73 Å². The van der Waals surface area contributed by atoms with Crippen molar-refractivity contribution in [2.45, 2.75) is 0 Å². The van der Waals surface area contributed by atoms with Crippen molar-refractivity contribution in [3.8, 4) is 6.07 Å². The van der Waals surface area contributed by atoms with Gasteiger partial charge >= 0.3 is 0 Å². The molecule has 0 amide bonds. The van der Waals surface area contributed by atoms with Gasteiger partial charge < -0.3 is 10.6 Å². The zero-order chi connectivity index (χ0) is 16.3. The van der Waals surface area contributed by atoms with E-state index in [1.807, 2.05) is 6.07 Å². The van der Waals surface area contributed by atoms with Crippen molar-refractivity contribution < 1.29 is 8.78 Å². The van der Waals surface area contributed by atoms with Gasteiger partial charge in [-0.2, -0.15) is 20.2 Å². The summed E-state index contributed by atoms with van der Waals surface area (Å²) in [5.74, 6) is -1.49. The van der Waals surface area contributed by atoms with Crippen LogP contribution in [0.2, 0.25) is 0 Å². The zero-order valence-corrected chi connectivity index (χ0v) is 11.9. The average molecular weight is 302 g/mol. The highest BCUT2D eigenvalue weighted by molar-refractivity contribution is 5.87. The summed E-state index contributed by atoms with van der Waals surface area (Å²) >= 11 is 0. The molecule has 2 N–H and O–H groups in total. The van der Waals surface area contributed by atoms with E-state index in [-0.39, 0.29) is 28.9 Å². The largest absolute Gasteiger partial charge is 0.368 e. The van der Waals surface area contributed by atoms with Gasteiger partial charge in [0.1, 0.15) is 17.7 Å². The number of nitrogens with zero attached hydrogens (tertiary/aromatic N) is 5. The van der Waals surface area contributed by atoms with Gasteiger partial charge in [0.25, 0.3) is 0 Å². The van der Waals surface area contributed by atoms with E-state index in [0.717, 1.165) is 18.2 Å². The lowest BCUT2D eigenvalue weighted by Gasteiger charge is -2.11. The van der Waals surface area contributed by atoms with Crippen LogP contribution in [0.15, 0.2) is 18.2 Å². The van der Waals surface area contributed by atoms with Gasteiger partial charge in [0.2, 0.25) is 11.9 Å². The van der Waals surface area contributed by atoms with Crippen LogP contribution in [0.3, 0.4) is 0 Å². The van der Waals surface area contributed by atoms with E-state index in [1.54, 1.807) is 19.0 Å². The van der Waals surface area contributed by atoms with Crippen LogP contribution in [0.5, 0.6) is 0 Å². The number of halogens is 2. The first-order chi connectivity index (χ1) is 10.4. The fraction of sp³-hybridized carbons (Fsp3) is 0.143. The summed E-state index contributed by atoms with van der Waals surface area (Å²) in [6.07, 6.45) is 1.04.